The summed E-state index contributed by atoms with van der Waals surface area (Å²) in [4.78, 5) is 10.4. The van der Waals surface area contributed by atoms with Gasteiger partial charge in [0.05, 0.1) is 0 Å². The van der Waals surface area contributed by atoms with Crippen molar-refractivity contribution in [2.75, 3.05) is 0 Å². The molecule has 0 aliphatic carbocycles. The van der Waals surface area contributed by atoms with Gasteiger partial charge in [0.2, 0.25) is 0 Å². The third kappa shape index (κ3) is 3.96. The van der Waals surface area contributed by atoms with Crippen LogP contribution in [0.1, 0.15) is 43.9 Å². The van der Waals surface area contributed by atoms with E-state index in [0.717, 1.165) is 12.1 Å². The van der Waals surface area contributed by atoms with Gasteiger partial charge in [-0.1, -0.05) is 0 Å². The summed E-state index contributed by atoms with van der Waals surface area (Å²) in [5.74, 6) is -3.44. The summed E-state index contributed by atoms with van der Waals surface area (Å²) >= 11 is 0. The number of carbonyl (C=O) groups is 1. The van der Waals surface area contributed by atoms with Crippen molar-refractivity contribution in [1.82, 2.24) is 0 Å². The van der Waals surface area contributed by atoms with E-state index in [0.29, 0.717) is 0 Å². The number of rotatable bonds is 5. The molecule has 3 nitrogen and oxygen atoms in total. The van der Waals surface area contributed by atoms with Gasteiger partial charge in [0.1, 0.15) is 5.67 Å². The van der Waals surface area contributed by atoms with Crippen molar-refractivity contribution in [2.24, 2.45) is 5.73 Å². The molecule has 0 aromatic heterocycles. The molecule has 1 atom stereocenters. The number of aliphatic carboxylic acids is 1. The van der Waals surface area contributed by atoms with Gasteiger partial charge < -0.3 is 10.8 Å². The average molecular weight is 275 g/mol. The molecule has 0 radical (unpaired) electrons. The number of nitrogens with two attached hydrogens (primary N) is 1. The smallest absolute Gasteiger partial charge is 0.303 e. The highest BCUT2D eigenvalue weighted by atomic mass is 19.2. The van der Waals surface area contributed by atoms with Crippen molar-refractivity contribution in [3.63, 3.8) is 0 Å². The van der Waals surface area contributed by atoms with E-state index >= 15 is 0 Å². The summed E-state index contributed by atoms with van der Waals surface area (Å²) in [5, 5.41) is 8.53. The lowest BCUT2D eigenvalue weighted by Gasteiger charge is -2.19. The van der Waals surface area contributed by atoms with E-state index in [2.05, 4.69) is 0 Å². The molecular formula is C13H16F3NO2. The minimum Gasteiger partial charge on any atom is -0.481 e. The third-order valence-electron chi connectivity index (χ3n) is 2.81. The van der Waals surface area contributed by atoms with E-state index in [4.69, 9.17) is 10.8 Å². The summed E-state index contributed by atoms with van der Waals surface area (Å²) < 4.78 is 40.8. The predicted molar refractivity (Wildman–Crippen MR) is 64.3 cm³/mol. The van der Waals surface area contributed by atoms with Crippen LogP contribution in [-0.2, 0) is 10.5 Å². The fourth-order valence-electron chi connectivity index (χ4n) is 1.66. The van der Waals surface area contributed by atoms with Crippen LogP contribution in [0.3, 0.4) is 0 Å². The molecule has 0 fully saturated rings. The van der Waals surface area contributed by atoms with Crippen molar-refractivity contribution >= 4 is 5.97 Å². The molecule has 6 heteroatoms. The van der Waals surface area contributed by atoms with Crippen molar-refractivity contribution < 1.29 is 23.1 Å². The zero-order valence-electron chi connectivity index (χ0n) is 10.7. The highest BCUT2D eigenvalue weighted by Gasteiger charge is 2.25. The van der Waals surface area contributed by atoms with Gasteiger partial charge in [0.25, 0.3) is 0 Å². The minimum atomic E-state index is -1.84. The highest BCUT2D eigenvalue weighted by molar-refractivity contribution is 5.66. The van der Waals surface area contributed by atoms with E-state index in [-0.39, 0.29) is 24.0 Å². The first-order chi connectivity index (χ1) is 8.62. The van der Waals surface area contributed by atoms with Gasteiger partial charge >= 0.3 is 5.97 Å². The Morgan fingerprint density at radius 2 is 2.00 bits per heavy atom. The number of alkyl halides is 1. The normalized spacial score (nSPS) is 13.4. The summed E-state index contributed by atoms with van der Waals surface area (Å²) in [6, 6.07) is 0.932. The molecule has 106 valence electrons. The molecule has 0 saturated carbocycles. The second-order valence-corrected chi connectivity index (χ2v) is 4.87. The van der Waals surface area contributed by atoms with Gasteiger partial charge in [0.15, 0.2) is 11.6 Å². The van der Waals surface area contributed by atoms with Gasteiger partial charge in [0, 0.05) is 18.0 Å². The lowest BCUT2D eigenvalue weighted by Crippen LogP contribution is -2.18. The predicted octanol–water partition coefficient (Wildman–Crippen LogP) is 3.03. The van der Waals surface area contributed by atoms with Crippen molar-refractivity contribution in [1.29, 1.82) is 0 Å². The Morgan fingerprint density at radius 3 is 2.47 bits per heavy atom. The molecule has 1 rings (SSSR count). The van der Waals surface area contributed by atoms with Crippen molar-refractivity contribution in [3.8, 4) is 0 Å². The molecule has 1 aromatic carbocycles. The lowest BCUT2D eigenvalue weighted by molar-refractivity contribution is -0.137. The molecule has 0 saturated heterocycles. The molecule has 0 amide bonds. The largest absolute Gasteiger partial charge is 0.481 e. The van der Waals surface area contributed by atoms with Crippen LogP contribution in [0.2, 0.25) is 0 Å². The van der Waals surface area contributed by atoms with Gasteiger partial charge in [-0.3, -0.25) is 4.79 Å². The monoisotopic (exact) mass is 275 g/mol. The minimum absolute atomic E-state index is 0.0350. The Morgan fingerprint density at radius 1 is 1.42 bits per heavy atom. The van der Waals surface area contributed by atoms with Crippen LogP contribution in [0.25, 0.3) is 0 Å². The highest BCUT2D eigenvalue weighted by Crippen LogP contribution is 2.30. The summed E-state index contributed by atoms with van der Waals surface area (Å²) in [6.07, 6.45) is -0.326. The van der Waals surface area contributed by atoms with Crippen LogP contribution < -0.4 is 5.73 Å². The van der Waals surface area contributed by atoms with Crippen LogP contribution in [0, 0.1) is 11.6 Å². The van der Waals surface area contributed by atoms with Gasteiger partial charge in [-0.15, -0.1) is 0 Å². The first-order valence-electron chi connectivity index (χ1n) is 5.78. The molecule has 0 aliphatic heterocycles. The van der Waals surface area contributed by atoms with Crippen LogP contribution in [-0.4, -0.2) is 11.1 Å². The third-order valence-corrected chi connectivity index (χ3v) is 2.81. The van der Waals surface area contributed by atoms with E-state index in [9.17, 15) is 18.0 Å². The molecule has 19 heavy (non-hydrogen) atoms. The topological polar surface area (TPSA) is 63.3 Å². The number of halogens is 3. The quantitative estimate of drug-likeness (QED) is 0.868. The number of benzene rings is 1. The fraction of sp³-hybridized carbons (Fsp3) is 0.462. The number of carboxylic acid groups (broad SMARTS) is 1. The molecule has 0 bridgehead atoms. The summed E-state index contributed by atoms with van der Waals surface area (Å²) in [7, 11) is 0. The Hall–Kier alpha value is -1.56. The number of hydrogen-bond acceptors (Lipinski definition) is 2. The zero-order chi connectivity index (χ0) is 14.8. The van der Waals surface area contributed by atoms with E-state index < -0.39 is 29.3 Å². The zero-order valence-corrected chi connectivity index (χ0v) is 10.7. The Kier molecular flexibility index (Phi) is 4.57. The maximum absolute atomic E-state index is 13.8. The fourth-order valence-corrected chi connectivity index (χ4v) is 1.66. The number of carboxylic acids is 1. The lowest BCUT2D eigenvalue weighted by atomic mass is 9.93. The Bertz CT molecular complexity index is 484. The molecule has 3 N–H and O–H groups in total. The summed E-state index contributed by atoms with van der Waals surface area (Å²) in [5.41, 5.74) is 3.55. The standard InChI is InChI=1S/C13H16F3NO2/c1-13(2,16)7-5-8(12(15)9(14)6-7)10(17)3-4-11(18)19/h5-6,10H,3-4,17H2,1-2H3,(H,18,19). The van der Waals surface area contributed by atoms with Gasteiger partial charge in [-0.05, 0) is 38.0 Å². The molecule has 0 spiro atoms. The molecular weight excluding hydrogens is 259 g/mol. The molecule has 1 unspecified atom stereocenters. The van der Waals surface area contributed by atoms with Crippen molar-refractivity contribution in [3.05, 3.63) is 34.9 Å². The average Bonchev–Trinajstić information content (AvgIpc) is 2.27. The van der Waals surface area contributed by atoms with Gasteiger partial charge in [-0.2, -0.15) is 0 Å². The van der Waals surface area contributed by atoms with Crippen molar-refractivity contribution in [2.45, 2.75) is 38.4 Å². The van der Waals surface area contributed by atoms with Crippen LogP contribution in [0.5, 0.6) is 0 Å². The van der Waals surface area contributed by atoms with Gasteiger partial charge in [-0.25, -0.2) is 13.2 Å². The first-order valence-corrected chi connectivity index (χ1v) is 5.78. The second-order valence-electron chi connectivity index (χ2n) is 4.87. The maximum atomic E-state index is 13.8. The Balaban J connectivity index is 3.12. The van der Waals surface area contributed by atoms with E-state index in [1.165, 1.54) is 13.8 Å². The van der Waals surface area contributed by atoms with E-state index in [1.54, 1.807) is 0 Å². The van der Waals surface area contributed by atoms with Crippen LogP contribution >= 0.6 is 0 Å². The molecule has 0 aliphatic rings. The molecule has 0 heterocycles. The first kappa shape index (κ1) is 15.5. The maximum Gasteiger partial charge on any atom is 0.303 e. The van der Waals surface area contributed by atoms with E-state index in [1.807, 2.05) is 0 Å². The Labute approximate surface area is 109 Å². The van der Waals surface area contributed by atoms with Crippen LogP contribution in [0.15, 0.2) is 12.1 Å². The summed E-state index contributed by atoms with van der Waals surface area (Å²) in [6.45, 7) is 2.43. The van der Waals surface area contributed by atoms with Crippen LogP contribution in [0.4, 0.5) is 13.2 Å². The number of hydrogen-bond donors (Lipinski definition) is 2. The SMILES string of the molecule is CC(C)(F)c1cc(F)c(F)c(C(N)CCC(=O)O)c1. The second kappa shape index (κ2) is 5.61. The molecule has 1 aromatic rings.